The molecule has 1 saturated heterocycles. The molecular weight excluding hydrogens is 272 g/mol. The summed E-state index contributed by atoms with van der Waals surface area (Å²) in [7, 11) is 0. The maximum absolute atomic E-state index is 10.2. The van der Waals surface area contributed by atoms with Crippen LogP contribution in [0.3, 0.4) is 0 Å². The van der Waals surface area contributed by atoms with Gasteiger partial charge in [0.05, 0.1) is 0 Å². The quantitative estimate of drug-likeness (QED) is 0.541. The van der Waals surface area contributed by atoms with E-state index in [0.717, 1.165) is 5.70 Å². The highest BCUT2D eigenvalue weighted by molar-refractivity contribution is 6.29. The molecular formula is C16H17ClN2O. The van der Waals surface area contributed by atoms with E-state index in [1.807, 2.05) is 6.08 Å². The van der Waals surface area contributed by atoms with Gasteiger partial charge in [0.25, 0.3) is 0 Å². The highest BCUT2D eigenvalue weighted by Gasteiger charge is 2.36. The fraction of sp³-hybridized carbons (Fsp3) is 0.250. The molecule has 104 valence electrons. The van der Waals surface area contributed by atoms with Crippen LogP contribution < -0.4 is 10.6 Å². The van der Waals surface area contributed by atoms with Gasteiger partial charge in [0.15, 0.2) is 0 Å². The van der Waals surface area contributed by atoms with Crippen molar-refractivity contribution in [3.63, 3.8) is 0 Å². The number of allylic oxidation sites excluding steroid dienone is 8. The third kappa shape index (κ3) is 2.47. The van der Waals surface area contributed by atoms with E-state index in [1.54, 1.807) is 19.1 Å². The van der Waals surface area contributed by atoms with Crippen molar-refractivity contribution in [3.05, 3.63) is 70.7 Å². The molecule has 0 saturated carbocycles. The standard InChI is InChI=1S/C16H17ClN2O/c1-10(17)8-9-14(20)16-18-12-6-2-4-11-5-3-7-13(19-16)15(11)12/h2-9,12,15-16,18-20H,1H3/b10-8+,14-9-. The van der Waals surface area contributed by atoms with Gasteiger partial charge in [-0.1, -0.05) is 42.0 Å². The fourth-order valence-electron chi connectivity index (χ4n) is 2.75. The lowest BCUT2D eigenvalue weighted by atomic mass is 9.80. The molecule has 0 amide bonds. The Morgan fingerprint density at radius 2 is 2.15 bits per heavy atom. The van der Waals surface area contributed by atoms with Crippen molar-refractivity contribution >= 4 is 11.6 Å². The van der Waals surface area contributed by atoms with E-state index in [4.69, 9.17) is 11.6 Å². The molecule has 0 radical (unpaired) electrons. The number of hydrogen-bond donors (Lipinski definition) is 3. The monoisotopic (exact) mass is 288 g/mol. The van der Waals surface area contributed by atoms with Gasteiger partial charge in [0.1, 0.15) is 11.9 Å². The molecule has 0 aromatic carbocycles. The minimum atomic E-state index is -0.301. The average Bonchev–Trinajstić information content (AvgIpc) is 2.45. The molecule has 3 unspecified atom stereocenters. The van der Waals surface area contributed by atoms with E-state index >= 15 is 0 Å². The van der Waals surface area contributed by atoms with Crippen LogP contribution in [-0.4, -0.2) is 17.3 Å². The first-order valence-corrected chi connectivity index (χ1v) is 7.05. The van der Waals surface area contributed by atoms with Crippen LogP contribution in [0.4, 0.5) is 0 Å². The van der Waals surface area contributed by atoms with Crippen molar-refractivity contribution in [2.75, 3.05) is 0 Å². The van der Waals surface area contributed by atoms with Crippen LogP contribution in [0.2, 0.25) is 0 Å². The second kappa shape index (κ2) is 5.35. The molecule has 0 bridgehead atoms. The number of halogens is 1. The third-order valence-electron chi connectivity index (χ3n) is 3.67. The Kier molecular flexibility index (Phi) is 3.55. The van der Waals surface area contributed by atoms with Crippen molar-refractivity contribution < 1.29 is 5.11 Å². The van der Waals surface area contributed by atoms with Gasteiger partial charge in [-0.25, -0.2) is 0 Å². The third-order valence-corrected chi connectivity index (χ3v) is 3.80. The number of aliphatic hydroxyl groups is 1. The van der Waals surface area contributed by atoms with Gasteiger partial charge in [-0.15, -0.1) is 0 Å². The van der Waals surface area contributed by atoms with Gasteiger partial charge in [0.2, 0.25) is 0 Å². The molecule has 3 aliphatic rings. The Balaban J connectivity index is 1.86. The predicted molar refractivity (Wildman–Crippen MR) is 82.1 cm³/mol. The van der Waals surface area contributed by atoms with Crippen molar-refractivity contribution in [1.82, 2.24) is 10.6 Å². The Morgan fingerprint density at radius 1 is 1.30 bits per heavy atom. The number of nitrogens with one attached hydrogen (secondary N) is 2. The van der Waals surface area contributed by atoms with Crippen molar-refractivity contribution in [2.45, 2.75) is 19.1 Å². The highest BCUT2D eigenvalue weighted by Crippen LogP contribution is 2.33. The summed E-state index contributed by atoms with van der Waals surface area (Å²) in [6.45, 7) is 1.78. The molecule has 20 heavy (non-hydrogen) atoms. The van der Waals surface area contributed by atoms with E-state index in [9.17, 15) is 5.11 Å². The zero-order valence-electron chi connectivity index (χ0n) is 11.2. The summed E-state index contributed by atoms with van der Waals surface area (Å²) >= 11 is 5.78. The summed E-state index contributed by atoms with van der Waals surface area (Å²) in [5.74, 6) is 0.530. The molecule has 1 aliphatic heterocycles. The molecule has 1 heterocycles. The van der Waals surface area contributed by atoms with Crippen LogP contribution in [0.25, 0.3) is 0 Å². The molecule has 3 nitrogen and oxygen atoms in total. The lowest BCUT2D eigenvalue weighted by Crippen LogP contribution is -2.58. The van der Waals surface area contributed by atoms with E-state index < -0.39 is 0 Å². The Labute approximate surface area is 123 Å². The fourth-order valence-corrected chi connectivity index (χ4v) is 2.82. The first-order valence-electron chi connectivity index (χ1n) is 6.67. The highest BCUT2D eigenvalue weighted by atomic mass is 35.5. The van der Waals surface area contributed by atoms with E-state index in [1.165, 1.54) is 5.57 Å². The number of rotatable bonds is 2. The SMILES string of the molecule is C/C(Cl)=C\C=C(/O)C1NC2=CC=CC3=CC=CC(N1)C32. The normalized spacial score (nSPS) is 32.2. The van der Waals surface area contributed by atoms with Gasteiger partial charge in [0, 0.05) is 22.7 Å². The van der Waals surface area contributed by atoms with Gasteiger partial charge in [-0.3, -0.25) is 5.32 Å². The van der Waals surface area contributed by atoms with Crippen LogP contribution in [0.5, 0.6) is 0 Å². The molecule has 3 N–H and O–H groups in total. The van der Waals surface area contributed by atoms with Crippen LogP contribution in [0.15, 0.2) is 70.7 Å². The van der Waals surface area contributed by atoms with Crippen LogP contribution in [0, 0.1) is 5.92 Å². The maximum Gasteiger partial charge on any atom is 0.136 e. The predicted octanol–water partition coefficient (Wildman–Crippen LogP) is 3.02. The van der Waals surface area contributed by atoms with Crippen molar-refractivity contribution in [2.24, 2.45) is 5.92 Å². The lowest BCUT2D eigenvalue weighted by Gasteiger charge is -2.42. The van der Waals surface area contributed by atoms with Crippen LogP contribution in [0.1, 0.15) is 6.92 Å². The minimum absolute atomic E-state index is 0.189. The Bertz CT molecular complexity index is 592. The number of aliphatic hydroxyl groups excluding tert-OH is 1. The molecule has 0 aromatic heterocycles. The van der Waals surface area contributed by atoms with Crippen LogP contribution in [-0.2, 0) is 0 Å². The largest absolute Gasteiger partial charge is 0.509 e. The van der Waals surface area contributed by atoms with E-state index in [0.29, 0.717) is 11.0 Å². The van der Waals surface area contributed by atoms with Crippen molar-refractivity contribution in [1.29, 1.82) is 0 Å². The van der Waals surface area contributed by atoms with Gasteiger partial charge in [-0.2, -0.15) is 0 Å². The molecule has 0 spiro atoms. The van der Waals surface area contributed by atoms with E-state index in [-0.39, 0.29) is 18.0 Å². The molecule has 2 aliphatic carbocycles. The van der Waals surface area contributed by atoms with Gasteiger partial charge >= 0.3 is 0 Å². The summed E-state index contributed by atoms with van der Waals surface area (Å²) in [5.41, 5.74) is 2.41. The first kappa shape index (κ1) is 13.3. The van der Waals surface area contributed by atoms with Crippen LogP contribution >= 0.6 is 11.6 Å². The average molecular weight is 289 g/mol. The maximum atomic E-state index is 10.2. The minimum Gasteiger partial charge on any atom is -0.509 e. The summed E-state index contributed by atoms with van der Waals surface area (Å²) in [6, 6.07) is 0.189. The Morgan fingerprint density at radius 3 is 2.95 bits per heavy atom. The summed E-state index contributed by atoms with van der Waals surface area (Å²) < 4.78 is 0. The molecule has 0 aromatic rings. The zero-order chi connectivity index (χ0) is 14.1. The summed E-state index contributed by atoms with van der Waals surface area (Å²) in [4.78, 5) is 0. The first-order chi connectivity index (χ1) is 9.65. The van der Waals surface area contributed by atoms with Crippen molar-refractivity contribution in [3.8, 4) is 0 Å². The second-order valence-corrected chi connectivity index (χ2v) is 5.72. The lowest BCUT2D eigenvalue weighted by molar-refractivity contribution is 0.266. The smallest absolute Gasteiger partial charge is 0.136 e. The molecule has 1 fully saturated rings. The zero-order valence-corrected chi connectivity index (χ0v) is 11.9. The van der Waals surface area contributed by atoms with Gasteiger partial charge in [-0.05, 0) is 30.7 Å². The van der Waals surface area contributed by atoms with E-state index in [2.05, 4.69) is 41.0 Å². The molecule has 3 rings (SSSR count). The topological polar surface area (TPSA) is 44.3 Å². The molecule has 3 atom stereocenters. The molecule has 4 heteroatoms. The number of hydrogen-bond acceptors (Lipinski definition) is 3. The Hall–Kier alpha value is -1.71. The summed E-state index contributed by atoms with van der Waals surface area (Å²) in [6.07, 6.45) is 15.6. The summed E-state index contributed by atoms with van der Waals surface area (Å²) in [5, 5.41) is 17.5. The van der Waals surface area contributed by atoms with Gasteiger partial charge < -0.3 is 10.4 Å². The second-order valence-electron chi connectivity index (χ2n) is 5.13.